The molecule has 0 radical (unpaired) electrons. The Hall–Kier alpha value is -2.05. The number of rotatable bonds is 7. The summed E-state index contributed by atoms with van der Waals surface area (Å²) in [4.78, 5) is 19.3. The minimum Gasteiger partial charge on any atom is -0.505 e. The summed E-state index contributed by atoms with van der Waals surface area (Å²) in [5, 5.41) is 14.9. The van der Waals surface area contributed by atoms with E-state index < -0.39 is 0 Å². The van der Waals surface area contributed by atoms with E-state index in [0.29, 0.717) is 11.6 Å². The van der Waals surface area contributed by atoms with Crippen molar-refractivity contribution >= 4 is 58.0 Å². The van der Waals surface area contributed by atoms with Crippen molar-refractivity contribution in [2.75, 3.05) is 26.0 Å². The van der Waals surface area contributed by atoms with Gasteiger partial charge in [0.25, 0.3) is 0 Å². The molecule has 1 fully saturated rings. The largest absolute Gasteiger partial charge is 0.505 e. The van der Waals surface area contributed by atoms with Gasteiger partial charge in [-0.2, -0.15) is 0 Å². The van der Waals surface area contributed by atoms with Gasteiger partial charge in [-0.1, -0.05) is 29.3 Å². The molecule has 2 N–H and O–H groups in total. The Morgan fingerprint density at radius 2 is 1.74 bits per heavy atom. The van der Waals surface area contributed by atoms with Gasteiger partial charge in [-0.3, -0.25) is 9.78 Å². The molecule has 4 rings (SSSR count). The van der Waals surface area contributed by atoms with Crippen LogP contribution in [0, 0.1) is 5.92 Å². The molecule has 0 bridgehead atoms. The summed E-state index contributed by atoms with van der Waals surface area (Å²) in [6.07, 6.45) is 7.46. The van der Waals surface area contributed by atoms with E-state index in [1.165, 1.54) is 19.3 Å². The molecule has 188 valence electrons. The third-order valence-corrected chi connectivity index (χ3v) is 7.35. The first-order valence-electron chi connectivity index (χ1n) is 11.8. The van der Waals surface area contributed by atoms with Crippen LogP contribution in [0.3, 0.4) is 0 Å². The zero-order valence-electron chi connectivity index (χ0n) is 20.3. The van der Waals surface area contributed by atoms with Crippen LogP contribution in [-0.2, 0) is 0 Å². The van der Waals surface area contributed by atoms with Gasteiger partial charge in [0, 0.05) is 17.6 Å². The molecular weight excluding hydrogens is 505 g/mol. The molecule has 1 aliphatic carbocycles. The van der Waals surface area contributed by atoms with Gasteiger partial charge in [0.05, 0.1) is 26.8 Å². The number of ketones is 1. The highest BCUT2D eigenvalue weighted by molar-refractivity contribution is 6.37. The Balaban J connectivity index is 0.00000342. The van der Waals surface area contributed by atoms with Crippen molar-refractivity contribution in [2.24, 2.45) is 5.92 Å². The molecule has 8 heteroatoms. The Bertz CT molecular complexity index is 1180. The highest BCUT2D eigenvalue weighted by Crippen LogP contribution is 2.39. The number of phenols is 1. The van der Waals surface area contributed by atoms with Gasteiger partial charge < -0.3 is 15.3 Å². The number of pyridine rings is 1. The number of hydrogen-bond acceptors (Lipinski definition) is 5. The van der Waals surface area contributed by atoms with Crippen LogP contribution in [0.15, 0.2) is 36.5 Å². The first-order chi connectivity index (χ1) is 16.2. The third-order valence-electron chi connectivity index (χ3n) is 6.78. The maximum absolute atomic E-state index is 12.5. The summed E-state index contributed by atoms with van der Waals surface area (Å²) in [6.45, 7) is 2.70. The van der Waals surface area contributed by atoms with E-state index in [9.17, 15) is 9.90 Å². The lowest BCUT2D eigenvalue weighted by molar-refractivity contribution is 0.101. The van der Waals surface area contributed by atoms with Crippen molar-refractivity contribution in [1.82, 2.24) is 9.88 Å². The standard InChI is InChI=1S/C27H31Cl2N3O2.ClH/c1-16(33)22-15-30-25-9-6-18(19-13-23(28)27(34)24(29)14-19)12-21(25)26(22)31-20-7-4-17(5-8-20)10-11-32(2)3;/h6,9,12-15,17,20,34H,4-5,7-8,10-11H2,1-3H3,(H,30,31);1H. The monoisotopic (exact) mass is 535 g/mol. The van der Waals surface area contributed by atoms with Crippen molar-refractivity contribution in [3.63, 3.8) is 0 Å². The quantitative estimate of drug-likeness (QED) is 0.307. The molecule has 0 unspecified atom stereocenters. The van der Waals surface area contributed by atoms with Gasteiger partial charge in [-0.05, 0) is 101 Å². The molecule has 0 aliphatic heterocycles. The maximum Gasteiger partial charge on any atom is 0.163 e. The predicted molar refractivity (Wildman–Crippen MR) is 149 cm³/mol. The fraction of sp³-hybridized carbons (Fsp3) is 0.407. The van der Waals surface area contributed by atoms with E-state index in [1.54, 1.807) is 25.3 Å². The normalized spacial score (nSPS) is 17.9. The number of phenolic OH excluding ortho intramolecular Hbond substituents is 1. The van der Waals surface area contributed by atoms with Crippen LogP contribution < -0.4 is 5.32 Å². The number of nitrogens with zero attached hydrogens (tertiary/aromatic N) is 2. The average Bonchev–Trinajstić information content (AvgIpc) is 2.81. The maximum atomic E-state index is 12.5. The number of aromatic hydroxyl groups is 1. The Morgan fingerprint density at radius 1 is 1.09 bits per heavy atom. The molecule has 35 heavy (non-hydrogen) atoms. The Morgan fingerprint density at radius 3 is 2.34 bits per heavy atom. The van der Waals surface area contributed by atoms with E-state index in [0.717, 1.165) is 53.0 Å². The summed E-state index contributed by atoms with van der Waals surface area (Å²) in [7, 11) is 4.25. The number of anilines is 1. The van der Waals surface area contributed by atoms with Crippen LogP contribution in [0.1, 0.15) is 49.4 Å². The van der Waals surface area contributed by atoms with E-state index in [1.807, 2.05) is 18.2 Å². The number of carbonyl (C=O) groups is 1. The number of Topliss-reactive ketones (excluding diaryl/α,β-unsaturated/α-hetero) is 1. The molecule has 2 aromatic carbocycles. The lowest BCUT2D eigenvalue weighted by Gasteiger charge is -2.31. The zero-order valence-corrected chi connectivity index (χ0v) is 22.6. The fourth-order valence-electron chi connectivity index (χ4n) is 4.77. The van der Waals surface area contributed by atoms with Crippen LogP contribution in [0.5, 0.6) is 5.75 Å². The van der Waals surface area contributed by atoms with Crippen molar-refractivity contribution < 1.29 is 9.90 Å². The summed E-state index contributed by atoms with van der Waals surface area (Å²) >= 11 is 12.3. The number of carbonyl (C=O) groups excluding carboxylic acids is 1. The molecule has 0 amide bonds. The van der Waals surface area contributed by atoms with E-state index in [-0.39, 0.29) is 34.0 Å². The fourth-order valence-corrected chi connectivity index (χ4v) is 5.25. The number of fused-ring (bicyclic) bond motifs is 1. The molecule has 3 aromatic rings. The SMILES string of the molecule is CC(=O)c1cnc2ccc(-c3cc(Cl)c(O)c(Cl)c3)cc2c1NC1CCC(CCN(C)C)CC1.Cl. The minimum absolute atomic E-state index is 0. The average molecular weight is 537 g/mol. The van der Waals surface area contributed by atoms with Gasteiger partial charge in [0.1, 0.15) is 0 Å². The zero-order chi connectivity index (χ0) is 24.4. The molecule has 1 aliphatic rings. The van der Waals surface area contributed by atoms with Crippen molar-refractivity contribution in [2.45, 2.75) is 45.1 Å². The Kier molecular flexibility index (Phi) is 9.28. The van der Waals surface area contributed by atoms with Gasteiger partial charge >= 0.3 is 0 Å². The van der Waals surface area contributed by atoms with Crippen LogP contribution in [0.4, 0.5) is 5.69 Å². The smallest absolute Gasteiger partial charge is 0.163 e. The lowest BCUT2D eigenvalue weighted by Crippen LogP contribution is -2.28. The Labute approximate surface area is 223 Å². The molecule has 0 atom stereocenters. The van der Waals surface area contributed by atoms with Gasteiger partial charge in [-0.25, -0.2) is 0 Å². The van der Waals surface area contributed by atoms with Gasteiger partial charge in [-0.15, -0.1) is 12.4 Å². The van der Waals surface area contributed by atoms with E-state index in [2.05, 4.69) is 29.3 Å². The van der Waals surface area contributed by atoms with Crippen molar-refractivity contribution in [3.8, 4) is 16.9 Å². The first-order valence-corrected chi connectivity index (χ1v) is 12.5. The molecule has 1 heterocycles. The summed E-state index contributed by atoms with van der Waals surface area (Å²) in [5.41, 5.74) is 3.92. The van der Waals surface area contributed by atoms with Crippen LogP contribution in [0.25, 0.3) is 22.0 Å². The second-order valence-corrected chi connectivity index (χ2v) is 10.4. The minimum atomic E-state index is -0.128. The van der Waals surface area contributed by atoms with E-state index in [4.69, 9.17) is 23.2 Å². The topological polar surface area (TPSA) is 65.5 Å². The van der Waals surface area contributed by atoms with Crippen LogP contribution in [0.2, 0.25) is 10.0 Å². The highest BCUT2D eigenvalue weighted by atomic mass is 35.5. The molecule has 0 saturated heterocycles. The number of nitrogens with one attached hydrogen (secondary N) is 1. The summed E-state index contributed by atoms with van der Waals surface area (Å²) < 4.78 is 0. The lowest BCUT2D eigenvalue weighted by atomic mass is 9.83. The number of benzene rings is 2. The number of hydrogen-bond donors (Lipinski definition) is 2. The van der Waals surface area contributed by atoms with Crippen LogP contribution >= 0.6 is 35.6 Å². The number of aromatic nitrogens is 1. The molecule has 5 nitrogen and oxygen atoms in total. The first kappa shape index (κ1) is 27.5. The predicted octanol–water partition coefficient (Wildman–Crippen LogP) is 7.46. The summed E-state index contributed by atoms with van der Waals surface area (Å²) in [6, 6.07) is 9.59. The van der Waals surface area contributed by atoms with Gasteiger partial charge in [0.2, 0.25) is 0 Å². The van der Waals surface area contributed by atoms with Crippen LogP contribution in [-0.4, -0.2) is 47.5 Å². The third kappa shape index (κ3) is 6.39. The molecule has 1 saturated carbocycles. The second kappa shape index (κ2) is 11.8. The molecule has 1 aromatic heterocycles. The van der Waals surface area contributed by atoms with Gasteiger partial charge in [0.15, 0.2) is 11.5 Å². The van der Waals surface area contributed by atoms with E-state index >= 15 is 0 Å². The summed E-state index contributed by atoms with van der Waals surface area (Å²) in [5.74, 6) is 0.618. The van der Waals surface area contributed by atoms with Crippen molar-refractivity contribution in [1.29, 1.82) is 0 Å². The molecule has 0 spiro atoms. The number of halogens is 3. The van der Waals surface area contributed by atoms with Crippen molar-refractivity contribution in [3.05, 3.63) is 52.1 Å². The highest BCUT2D eigenvalue weighted by Gasteiger charge is 2.23. The molecular formula is C27H32Cl3N3O2. The second-order valence-electron chi connectivity index (χ2n) is 9.58.